The average Bonchev–Trinajstić information content (AvgIpc) is 2.30. The highest BCUT2D eigenvalue weighted by atomic mass is 16.5. The standard InChI is InChI=1S/C16H32O2/c1-7-14(6)16(17)18-15(10-8-12(2)3)11-9-13(4)5/h12-15H,7-11H2,1-6H3. The van der Waals surface area contributed by atoms with Gasteiger partial charge in [-0.3, -0.25) is 4.79 Å². The van der Waals surface area contributed by atoms with Gasteiger partial charge in [-0.05, 0) is 43.9 Å². The second-order valence-corrected chi connectivity index (χ2v) is 6.31. The molecular formula is C16H32O2. The van der Waals surface area contributed by atoms with E-state index < -0.39 is 0 Å². The molecule has 1 atom stereocenters. The van der Waals surface area contributed by atoms with Crippen LogP contribution in [0.2, 0.25) is 0 Å². The van der Waals surface area contributed by atoms with Gasteiger partial charge < -0.3 is 4.74 Å². The van der Waals surface area contributed by atoms with E-state index >= 15 is 0 Å². The van der Waals surface area contributed by atoms with Crippen LogP contribution in [0.25, 0.3) is 0 Å². The maximum Gasteiger partial charge on any atom is 0.308 e. The summed E-state index contributed by atoms with van der Waals surface area (Å²) in [6, 6.07) is 0. The molecule has 2 heteroatoms. The van der Waals surface area contributed by atoms with Crippen molar-refractivity contribution in [2.75, 3.05) is 0 Å². The lowest BCUT2D eigenvalue weighted by Gasteiger charge is -2.21. The fraction of sp³-hybridized carbons (Fsp3) is 0.938. The number of ether oxygens (including phenoxy) is 1. The molecule has 1 unspecified atom stereocenters. The smallest absolute Gasteiger partial charge is 0.308 e. The lowest BCUT2D eigenvalue weighted by atomic mass is 9.98. The first-order chi connectivity index (χ1) is 8.36. The Morgan fingerprint density at radius 3 is 1.67 bits per heavy atom. The first-order valence-electron chi connectivity index (χ1n) is 7.57. The van der Waals surface area contributed by atoms with E-state index in [-0.39, 0.29) is 18.0 Å². The Morgan fingerprint density at radius 2 is 1.33 bits per heavy atom. The van der Waals surface area contributed by atoms with Crippen LogP contribution >= 0.6 is 0 Å². The van der Waals surface area contributed by atoms with Crippen LogP contribution in [0.1, 0.15) is 73.6 Å². The molecule has 0 fully saturated rings. The third kappa shape index (κ3) is 8.54. The van der Waals surface area contributed by atoms with E-state index in [1.807, 2.05) is 13.8 Å². The van der Waals surface area contributed by atoms with Crippen molar-refractivity contribution in [1.29, 1.82) is 0 Å². The van der Waals surface area contributed by atoms with Crippen molar-refractivity contribution < 1.29 is 9.53 Å². The molecule has 0 bridgehead atoms. The van der Waals surface area contributed by atoms with Crippen molar-refractivity contribution in [3.63, 3.8) is 0 Å². The number of hydrogen-bond acceptors (Lipinski definition) is 2. The fourth-order valence-corrected chi connectivity index (χ4v) is 1.75. The Bertz CT molecular complexity index is 209. The maximum atomic E-state index is 11.9. The van der Waals surface area contributed by atoms with Gasteiger partial charge in [-0.1, -0.05) is 41.5 Å². The first kappa shape index (κ1) is 17.5. The Morgan fingerprint density at radius 1 is 0.889 bits per heavy atom. The average molecular weight is 256 g/mol. The van der Waals surface area contributed by atoms with Crippen LogP contribution in [0.3, 0.4) is 0 Å². The van der Waals surface area contributed by atoms with Crippen molar-refractivity contribution in [1.82, 2.24) is 0 Å². The maximum absolute atomic E-state index is 11.9. The monoisotopic (exact) mass is 256 g/mol. The van der Waals surface area contributed by atoms with Gasteiger partial charge in [-0.15, -0.1) is 0 Å². The van der Waals surface area contributed by atoms with Gasteiger partial charge in [0.15, 0.2) is 0 Å². The lowest BCUT2D eigenvalue weighted by molar-refractivity contribution is -0.154. The van der Waals surface area contributed by atoms with E-state index in [4.69, 9.17) is 4.74 Å². The van der Waals surface area contributed by atoms with Crippen LogP contribution in [0.15, 0.2) is 0 Å². The highest BCUT2D eigenvalue weighted by molar-refractivity contribution is 5.72. The molecule has 0 spiro atoms. The number of carbonyl (C=O) groups excluding carboxylic acids is 1. The van der Waals surface area contributed by atoms with Gasteiger partial charge in [0, 0.05) is 0 Å². The molecule has 108 valence electrons. The summed E-state index contributed by atoms with van der Waals surface area (Å²) in [4.78, 5) is 11.9. The van der Waals surface area contributed by atoms with Gasteiger partial charge in [-0.25, -0.2) is 0 Å². The van der Waals surface area contributed by atoms with E-state index in [0.29, 0.717) is 11.8 Å². The van der Waals surface area contributed by atoms with Gasteiger partial charge in [0.25, 0.3) is 0 Å². The molecule has 0 aromatic carbocycles. The second-order valence-electron chi connectivity index (χ2n) is 6.31. The molecular weight excluding hydrogens is 224 g/mol. The van der Waals surface area contributed by atoms with E-state index in [9.17, 15) is 4.79 Å². The van der Waals surface area contributed by atoms with Gasteiger partial charge in [0.05, 0.1) is 5.92 Å². The molecule has 0 saturated heterocycles. The highest BCUT2D eigenvalue weighted by Crippen LogP contribution is 2.18. The zero-order valence-corrected chi connectivity index (χ0v) is 13.2. The number of carbonyl (C=O) groups is 1. The molecule has 0 N–H and O–H groups in total. The summed E-state index contributed by atoms with van der Waals surface area (Å²) < 4.78 is 5.67. The molecule has 2 nitrogen and oxygen atoms in total. The number of esters is 1. The minimum absolute atomic E-state index is 0.0185. The van der Waals surface area contributed by atoms with E-state index in [1.54, 1.807) is 0 Å². The second kappa shape index (κ2) is 9.41. The van der Waals surface area contributed by atoms with Crippen molar-refractivity contribution in [2.24, 2.45) is 17.8 Å². The Balaban J connectivity index is 4.22. The molecule has 0 aliphatic heterocycles. The summed E-state index contributed by atoms with van der Waals surface area (Å²) in [6.07, 6.45) is 5.27. The summed E-state index contributed by atoms with van der Waals surface area (Å²) in [5, 5.41) is 0. The van der Waals surface area contributed by atoms with Crippen molar-refractivity contribution in [3.8, 4) is 0 Å². The van der Waals surface area contributed by atoms with Gasteiger partial charge in [-0.2, -0.15) is 0 Å². The molecule has 0 heterocycles. The SMILES string of the molecule is CCC(C)C(=O)OC(CCC(C)C)CCC(C)C. The van der Waals surface area contributed by atoms with Gasteiger partial charge in [0.1, 0.15) is 6.10 Å². The minimum Gasteiger partial charge on any atom is -0.462 e. The largest absolute Gasteiger partial charge is 0.462 e. The molecule has 0 aromatic heterocycles. The molecule has 0 saturated carbocycles. The molecule has 0 radical (unpaired) electrons. The third-order valence-electron chi connectivity index (χ3n) is 3.43. The predicted molar refractivity (Wildman–Crippen MR) is 77.5 cm³/mol. The highest BCUT2D eigenvalue weighted by Gasteiger charge is 2.19. The normalized spacial score (nSPS) is 13.4. The molecule has 18 heavy (non-hydrogen) atoms. The van der Waals surface area contributed by atoms with Crippen molar-refractivity contribution in [2.45, 2.75) is 79.8 Å². The zero-order chi connectivity index (χ0) is 14.1. The summed E-state index contributed by atoms with van der Waals surface area (Å²) in [6.45, 7) is 12.9. The molecule has 0 rings (SSSR count). The van der Waals surface area contributed by atoms with Crippen LogP contribution in [0, 0.1) is 17.8 Å². The minimum atomic E-state index is -0.0185. The van der Waals surface area contributed by atoms with Crippen molar-refractivity contribution in [3.05, 3.63) is 0 Å². The third-order valence-corrected chi connectivity index (χ3v) is 3.43. The summed E-state index contributed by atoms with van der Waals surface area (Å²) in [5.41, 5.74) is 0. The fourth-order valence-electron chi connectivity index (χ4n) is 1.75. The van der Waals surface area contributed by atoms with Crippen LogP contribution in [0.5, 0.6) is 0 Å². The molecule has 0 aliphatic rings. The van der Waals surface area contributed by atoms with Crippen LogP contribution in [-0.2, 0) is 9.53 Å². The zero-order valence-electron chi connectivity index (χ0n) is 13.2. The van der Waals surface area contributed by atoms with Crippen LogP contribution in [-0.4, -0.2) is 12.1 Å². The first-order valence-corrected chi connectivity index (χ1v) is 7.57. The van der Waals surface area contributed by atoms with Crippen LogP contribution in [0.4, 0.5) is 0 Å². The Kier molecular flexibility index (Phi) is 9.13. The van der Waals surface area contributed by atoms with E-state index in [1.165, 1.54) is 0 Å². The Labute approximate surface area is 113 Å². The Hall–Kier alpha value is -0.530. The quantitative estimate of drug-likeness (QED) is 0.553. The van der Waals surface area contributed by atoms with Gasteiger partial charge in [0.2, 0.25) is 0 Å². The molecule has 0 aromatic rings. The van der Waals surface area contributed by atoms with E-state index in [2.05, 4.69) is 27.7 Å². The topological polar surface area (TPSA) is 26.3 Å². The summed E-state index contributed by atoms with van der Waals surface area (Å²) >= 11 is 0. The van der Waals surface area contributed by atoms with Crippen molar-refractivity contribution >= 4 is 5.97 Å². The summed E-state index contributed by atoms with van der Waals surface area (Å²) in [5.74, 6) is 1.36. The lowest BCUT2D eigenvalue weighted by Crippen LogP contribution is -2.23. The van der Waals surface area contributed by atoms with Crippen LogP contribution < -0.4 is 0 Å². The molecule has 0 aliphatic carbocycles. The molecule has 0 amide bonds. The summed E-state index contributed by atoms with van der Waals surface area (Å²) in [7, 11) is 0. The number of hydrogen-bond donors (Lipinski definition) is 0. The van der Waals surface area contributed by atoms with E-state index in [0.717, 1.165) is 32.1 Å². The predicted octanol–water partition coefficient (Wildman–Crippen LogP) is 4.82. The number of rotatable bonds is 9. The van der Waals surface area contributed by atoms with Gasteiger partial charge >= 0.3 is 5.97 Å².